The number of carboxylic acid groups (broad SMARTS) is 1. The molecule has 0 bridgehead atoms. The largest absolute Gasteiger partial charge is 0.477 e. The highest BCUT2D eigenvalue weighted by molar-refractivity contribution is 14.1. The SMILES string of the molecule is Cc1c(C(=O)O)n(C)c2ccc(I)cc2c1=O. The molecule has 1 aromatic carbocycles. The highest BCUT2D eigenvalue weighted by Crippen LogP contribution is 2.17. The first kappa shape index (κ1) is 12.1. The van der Waals surface area contributed by atoms with Crippen LogP contribution in [0.4, 0.5) is 0 Å². The van der Waals surface area contributed by atoms with Gasteiger partial charge in [-0.05, 0) is 47.7 Å². The van der Waals surface area contributed by atoms with Crippen LogP contribution in [0.5, 0.6) is 0 Å². The molecule has 0 saturated heterocycles. The number of benzene rings is 1. The lowest BCUT2D eigenvalue weighted by Gasteiger charge is -2.12. The molecule has 88 valence electrons. The van der Waals surface area contributed by atoms with Crippen LogP contribution in [0.15, 0.2) is 23.0 Å². The zero-order chi connectivity index (χ0) is 12.7. The fourth-order valence-electron chi connectivity index (χ4n) is 1.97. The number of halogens is 1. The number of carbonyl (C=O) groups is 1. The van der Waals surface area contributed by atoms with E-state index in [9.17, 15) is 9.59 Å². The number of pyridine rings is 1. The van der Waals surface area contributed by atoms with Crippen molar-refractivity contribution in [2.45, 2.75) is 6.92 Å². The molecule has 17 heavy (non-hydrogen) atoms. The van der Waals surface area contributed by atoms with Crippen LogP contribution >= 0.6 is 22.6 Å². The van der Waals surface area contributed by atoms with Gasteiger partial charge in [0.2, 0.25) is 0 Å². The summed E-state index contributed by atoms with van der Waals surface area (Å²) in [5, 5.41) is 9.68. The lowest BCUT2D eigenvalue weighted by molar-refractivity contribution is 0.0685. The summed E-state index contributed by atoms with van der Waals surface area (Å²) in [6.07, 6.45) is 0. The predicted octanol–water partition coefficient (Wildman–Crippen LogP) is 2.15. The first-order chi connectivity index (χ1) is 7.93. The van der Waals surface area contributed by atoms with Gasteiger partial charge in [0.25, 0.3) is 0 Å². The standard InChI is InChI=1S/C12H10INO3/c1-6-10(12(16)17)14(2)9-4-3-7(13)5-8(9)11(6)15/h3-5H,1-2H3,(H,16,17). The maximum absolute atomic E-state index is 12.1. The molecule has 0 aliphatic carbocycles. The Balaban J connectivity index is 3.05. The highest BCUT2D eigenvalue weighted by Gasteiger charge is 2.16. The minimum Gasteiger partial charge on any atom is -0.477 e. The third kappa shape index (κ3) is 1.84. The van der Waals surface area contributed by atoms with Gasteiger partial charge in [0.15, 0.2) is 5.43 Å². The Morgan fingerprint density at radius 2 is 2.06 bits per heavy atom. The molecule has 0 spiro atoms. The molecular formula is C12H10INO3. The molecule has 0 atom stereocenters. The fraction of sp³-hybridized carbons (Fsp3) is 0.167. The number of fused-ring (bicyclic) bond motifs is 1. The lowest BCUT2D eigenvalue weighted by atomic mass is 10.1. The number of aromatic nitrogens is 1. The van der Waals surface area contributed by atoms with Crippen molar-refractivity contribution in [2.75, 3.05) is 0 Å². The van der Waals surface area contributed by atoms with E-state index in [0.29, 0.717) is 10.9 Å². The van der Waals surface area contributed by atoms with Gasteiger partial charge in [-0.25, -0.2) is 4.79 Å². The second-order valence-electron chi connectivity index (χ2n) is 3.83. The predicted molar refractivity (Wildman–Crippen MR) is 73.6 cm³/mol. The van der Waals surface area contributed by atoms with E-state index >= 15 is 0 Å². The van der Waals surface area contributed by atoms with Gasteiger partial charge < -0.3 is 9.67 Å². The van der Waals surface area contributed by atoms with Crippen molar-refractivity contribution in [3.8, 4) is 0 Å². The van der Waals surface area contributed by atoms with Crippen LogP contribution in [-0.2, 0) is 7.05 Å². The number of carboxylic acids is 1. The van der Waals surface area contributed by atoms with Gasteiger partial charge in [-0.2, -0.15) is 0 Å². The van der Waals surface area contributed by atoms with Crippen LogP contribution in [0, 0.1) is 10.5 Å². The third-order valence-corrected chi connectivity index (χ3v) is 3.47. The van der Waals surface area contributed by atoms with Crippen molar-refractivity contribution < 1.29 is 9.90 Å². The van der Waals surface area contributed by atoms with Gasteiger partial charge in [0.1, 0.15) is 5.69 Å². The van der Waals surface area contributed by atoms with Gasteiger partial charge in [-0.1, -0.05) is 0 Å². The van der Waals surface area contributed by atoms with Crippen molar-refractivity contribution in [1.29, 1.82) is 0 Å². The monoisotopic (exact) mass is 343 g/mol. The van der Waals surface area contributed by atoms with Gasteiger partial charge >= 0.3 is 5.97 Å². The fourth-order valence-corrected chi connectivity index (χ4v) is 2.46. The first-order valence-corrected chi connectivity index (χ1v) is 6.03. The quantitative estimate of drug-likeness (QED) is 0.808. The second-order valence-corrected chi connectivity index (χ2v) is 5.07. The minimum atomic E-state index is -1.08. The summed E-state index contributed by atoms with van der Waals surface area (Å²) in [5.41, 5.74) is 0.741. The maximum atomic E-state index is 12.1. The molecule has 1 heterocycles. The summed E-state index contributed by atoms with van der Waals surface area (Å²) in [6.45, 7) is 1.55. The molecule has 1 aromatic heterocycles. The number of aryl methyl sites for hydroxylation is 1. The van der Waals surface area contributed by atoms with E-state index in [1.807, 2.05) is 6.07 Å². The highest BCUT2D eigenvalue weighted by atomic mass is 127. The van der Waals surface area contributed by atoms with Crippen molar-refractivity contribution >= 4 is 39.5 Å². The van der Waals surface area contributed by atoms with Gasteiger partial charge in [0.05, 0.1) is 5.52 Å². The Morgan fingerprint density at radius 3 is 2.65 bits per heavy atom. The molecule has 0 radical (unpaired) electrons. The van der Waals surface area contributed by atoms with Crippen molar-refractivity contribution in [1.82, 2.24) is 4.57 Å². The summed E-state index contributed by atoms with van der Waals surface area (Å²) in [4.78, 5) is 23.2. The molecule has 0 saturated carbocycles. The van der Waals surface area contributed by atoms with E-state index in [2.05, 4.69) is 22.6 Å². The minimum absolute atomic E-state index is 0.0451. The van der Waals surface area contributed by atoms with E-state index in [1.54, 1.807) is 30.7 Å². The molecule has 5 heteroatoms. The molecule has 4 nitrogen and oxygen atoms in total. The second kappa shape index (κ2) is 4.14. The molecule has 0 aliphatic heterocycles. The van der Waals surface area contributed by atoms with E-state index in [0.717, 1.165) is 3.57 Å². The number of nitrogens with zero attached hydrogens (tertiary/aromatic N) is 1. The lowest BCUT2D eigenvalue weighted by Crippen LogP contribution is -2.20. The Bertz CT molecular complexity index is 688. The van der Waals surface area contributed by atoms with Crippen LogP contribution < -0.4 is 5.43 Å². The molecule has 2 rings (SSSR count). The topological polar surface area (TPSA) is 59.3 Å². The summed E-state index contributed by atoms with van der Waals surface area (Å²) < 4.78 is 2.50. The van der Waals surface area contributed by atoms with Crippen molar-refractivity contribution in [2.24, 2.45) is 7.05 Å². The molecule has 0 aliphatic rings. The van der Waals surface area contributed by atoms with Gasteiger partial charge in [0, 0.05) is 21.6 Å². The molecular weight excluding hydrogens is 333 g/mol. The molecule has 0 amide bonds. The average Bonchev–Trinajstić information content (AvgIpc) is 2.25. The van der Waals surface area contributed by atoms with Crippen LogP contribution in [0.3, 0.4) is 0 Å². The Hall–Kier alpha value is -1.37. The normalized spacial score (nSPS) is 10.8. The number of rotatable bonds is 1. The van der Waals surface area contributed by atoms with Crippen molar-refractivity contribution in [3.05, 3.63) is 43.2 Å². The van der Waals surface area contributed by atoms with E-state index in [1.165, 1.54) is 0 Å². The summed E-state index contributed by atoms with van der Waals surface area (Å²) in [5.74, 6) is -1.08. The van der Waals surface area contributed by atoms with Gasteiger partial charge in [-0.15, -0.1) is 0 Å². The zero-order valence-electron chi connectivity index (χ0n) is 9.32. The Morgan fingerprint density at radius 1 is 1.41 bits per heavy atom. The molecule has 1 N–H and O–H groups in total. The smallest absolute Gasteiger partial charge is 0.352 e. The average molecular weight is 343 g/mol. The van der Waals surface area contributed by atoms with E-state index < -0.39 is 5.97 Å². The Kier molecular flexibility index (Phi) is 2.94. The first-order valence-electron chi connectivity index (χ1n) is 4.95. The van der Waals surface area contributed by atoms with Crippen LogP contribution in [0.25, 0.3) is 10.9 Å². The number of hydrogen-bond donors (Lipinski definition) is 1. The molecule has 2 aromatic rings. The zero-order valence-corrected chi connectivity index (χ0v) is 11.5. The van der Waals surface area contributed by atoms with Crippen LogP contribution in [-0.4, -0.2) is 15.6 Å². The van der Waals surface area contributed by atoms with E-state index in [4.69, 9.17) is 5.11 Å². The van der Waals surface area contributed by atoms with Crippen LogP contribution in [0.2, 0.25) is 0 Å². The summed E-state index contributed by atoms with van der Waals surface area (Å²) in [6, 6.07) is 5.39. The van der Waals surface area contributed by atoms with Crippen LogP contribution in [0.1, 0.15) is 16.1 Å². The molecule has 0 fully saturated rings. The van der Waals surface area contributed by atoms with E-state index in [-0.39, 0.29) is 16.7 Å². The summed E-state index contributed by atoms with van der Waals surface area (Å²) in [7, 11) is 1.66. The molecule has 0 unspecified atom stereocenters. The summed E-state index contributed by atoms with van der Waals surface area (Å²) >= 11 is 2.13. The number of aromatic carboxylic acids is 1. The third-order valence-electron chi connectivity index (χ3n) is 2.80. The number of hydrogen-bond acceptors (Lipinski definition) is 2. The van der Waals surface area contributed by atoms with Crippen molar-refractivity contribution in [3.63, 3.8) is 0 Å². The van der Waals surface area contributed by atoms with Gasteiger partial charge in [-0.3, -0.25) is 4.79 Å². The maximum Gasteiger partial charge on any atom is 0.352 e. The Labute approximate surface area is 111 Å².